The van der Waals surface area contributed by atoms with Crippen molar-refractivity contribution in [3.8, 4) is 0 Å². The van der Waals surface area contributed by atoms with Crippen LogP contribution in [-0.4, -0.2) is 17.4 Å². The van der Waals surface area contributed by atoms with Crippen molar-refractivity contribution < 1.29 is 9.53 Å². The fourth-order valence-electron chi connectivity index (χ4n) is 0.836. The van der Waals surface area contributed by atoms with Crippen molar-refractivity contribution in [1.29, 1.82) is 0 Å². The van der Waals surface area contributed by atoms with E-state index >= 15 is 0 Å². The smallest absolute Gasteiger partial charge is 0.170 e. The second-order valence-electron chi connectivity index (χ2n) is 2.61. The van der Waals surface area contributed by atoms with Crippen LogP contribution in [0.15, 0.2) is 25.3 Å². The van der Waals surface area contributed by atoms with E-state index in [9.17, 15) is 4.79 Å². The Bertz CT molecular complexity index is 221. The van der Waals surface area contributed by atoms with Crippen molar-refractivity contribution in [1.82, 2.24) is 0 Å². The maximum absolute atomic E-state index is 11.1. The third kappa shape index (κ3) is 4.58. The van der Waals surface area contributed by atoms with E-state index in [2.05, 4.69) is 13.2 Å². The Morgan fingerprint density at radius 3 is 2.54 bits per heavy atom. The molecule has 0 bridgehead atoms. The van der Waals surface area contributed by atoms with Crippen molar-refractivity contribution in [2.75, 3.05) is 6.61 Å². The highest BCUT2D eigenvalue weighted by molar-refractivity contribution is 7.80. The van der Waals surface area contributed by atoms with Crippen LogP contribution in [0, 0.1) is 5.92 Å². The molecule has 3 heteroatoms. The van der Waals surface area contributed by atoms with Gasteiger partial charge in [-0.3, -0.25) is 4.79 Å². The van der Waals surface area contributed by atoms with Gasteiger partial charge in [0.25, 0.3) is 0 Å². The predicted molar refractivity (Wildman–Crippen MR) is 57.7 cm³/mol. The molecule has 0 rings (SSSR count). The Balaban J connectivity index is 4.18. The molecule has 0 fully saturated rings. The molecule has 0 aromatic carbocycles. The minimum Gasteiger partial charge on any atom is -0.482 e. The van der Waals surface area contributed by atoms with Gasteiger partial charge in [-0.25, -0.2) is 0 Å². The van der Waals surface area contributed by atoms with Crippen LogP contribution >= 0.6 is 12.2 Å². The highest BCUT2D eigenvalue weighted by Gasteiger charge is 2.18. The van der Waals surface area contributed by atoms with Crippen LogP contribution in [0.1, 0.15) is 13.3 Å². The number of hydrogen-bond acceptors (Lipinski definition) is 3. The minimum atomic E-state index is -0.340. The molecule has 0 aromatic heterocycles. The molecule has 13 heavy (non-hydrogen) atoms. The van der Waals surface area contributed by atoms with E-state index in [-0.39, 0.29) is 11.7 Å². The fraction of sp³-hybridized carbons (Fsp3) is 0.400. The molecule has 0 aliphatic heterocycles. The van der Waals surface area contributed by atoms with Crippen molar-refractivity contribution in [2.45, 2.75) is 13.3 Å². The van der Waals surface area contributed by atoms with Gasteiger partial charge < -0.3 is 4.74 Å². The lowest BCUT2D eigenvalue weighted by Gasteiger charge is -2.12. The number of allylic oxidation sites excluding steroid dienone is 1. The Hall–Kier alpha value is -0.960. The summed E-state index contributed by atoms with van der Waals surface area (Å²) in [5.41, 5.74) is 0. The Kier molecular flexibility index (Phi) is 6.06. The topological polar surface area (TPSA) is 26.3 Å². The van der Waals surface area contributed by atoms with E-state index in [0.29, 0.717) is 18.1 Å². The summed E-state index contributed by atoms with van der Waals surface area (Å²) < 4.78 is 5.11. The predicted octanol–water partition coefficient (Wildman–Crippen LogP) is 2.30. The number of Topliss-reactive ketones (excluding diaryl/α,β-unsaturated/α-hetero) is 1. The van der Waals surface area contributed by atoms with Gasteiger partial charge in [-0.1, -0.05) is 18.7 Å². The van der Waals surface area contributed by atoms with E-state index in [1.807, 2.05) is 0 Å². The van der Waals surface area contributed by atoms with Crippen molar-refractivity contribution in [2.24, 2.45) is 5.92 Å². The number of hydrogen-bond donors (Lipinski definition) is 0. The molecule has 2 nitrogen and oxygen atoms in total. The number of carbonyl (C=O) groups excluding carboxylic acids is 1. The third-order valence-corrected chi connectivity index (χ3v) is 1.92. The molecular formula is C10H14O2S. The lowest BCUT2D eigenvalue weighted by molar-refractivity contribution is -0.119. The number of thiocarbonyl (C=S) groups is 1. The molecule has 1 atom stereocenters. The summed E-state index contributed by atoms with van der Waals surface area (Å²) in [7, 11) is 0. The third-order valence-electron chi connectivity index (χ3n) is 1.52. The molecule has 72 valence electrons. The second kappa shape index (κ2) is 6.54. The quantitative estimate of drug-likeness (QED) is 0.484. The summed E-state index contributed by atoms with van der Waals surface area (Å²) in [6, 6.07) is 0. The molecule has 0 spiro atoms. The molecular weight excluding hydrogens is 184 g/mol. The zero-order valence-corrected chi connectivity index (χ0v) is 8.60. The number of ether oxygens (including phenoxy) is 1. The van der Waals surface area contributed by atoms with Crippen LogP contribution in [0.3, 0.4) is 0 Å². The average Bonchev–Trinajstić information content (AvgIpc) is 2.09. The molecule has 0 aliphatic rings. The van der Waals surface area contributed by atoms with E-state index in [0.717, 1.165) is 0 Å². The summed E-state index contributed by atoms with van der Waals surface area (Å²) in [5.74, 6) is -0.332. The second-order valence-corrected chi connectivity index (χ2v) is 3.01. The molecule has 0 aromatic rings. The van der Waals surface area contributed by atoms with Crippen LogP contribution in [0.25, 0.3) is 0 Å². The molecule has 0 saturated carbocycles. The normalized spacial score (nSPS) is 11.5. The van der Waals surface area contributed by atoms with Gasteiger partial charge in [-0.05, 0) is 25.6 Å². The van der Waals surface area contributed by atoms with Gasteiger partial charge in [0, 0.05) is 0 Å². The molecule has 0 aliphatic carbocycles. The first-order chi connectivity index (χ1) is 6.13. The summed E-state index contributed by atoms with van der Waals surface area (Å²) in [4.78, 5) is 11.1. The van der Waals surface area contributed by atoms with Crippen molar-refractivity contribution in [3.05, 3.63) is 25.3 Å². The Labute approximate surface area is 84.3 Å². The average molecular weight is 198 g/mol. The van der Waals surface area contributed by atoms with E-state index in [1.54, 1.807) is 12.2 Å². The van der Waals surface area contributed by atoms with Crippen LogP contribution in [-0.2, 0) is 9.53 Å². The van der Waals surface area contributed by atoms with Gasteiger partial charge in [0.15, 0.2) is 5.05 Å². The molecule has 1 unspecified atom stereocenters. The van der Waals surface area contributed by atoms with Gasteiger partial charge >= 0.3 is 0 Å². The number of ketones is 1. The zero-order chi connectivity index (χ0) is 10.3. The highest BCUT2D eigenvalue weighted by Crippen LogP contribution is 2.09. The number of carbonyl (C=O) groups is 1. The van der Waals surface area contributed by atoms with Gasteiger partial charge in [0.05, 0.1) is 5.92 Å². The van der Waals surface area contributed by atoms with E-state index in [4.69, 9.17) is 17.0 Å². The first kappa shape index (κ1) is 12.0. The van der Waals surface area contributed by atoms with Crippen LogP contribution in [0.5, 0.6) is 0 Å². The first-order valence-corrected chi connectivity index (χ1v) is 4.43. The van der Waals surface area contributed by atoms with Crippen LogP contribution in [0.4, 0.5) is 0 Å². The van der Waals surface area contributed by atoms with Crippen molar-refractivity contribution >= 4 is 23.1 Å². The van der Waals surface area contributed by atoms with Crippen LogP contribution < -0.4 is 0 Å². The van der Waals surface area contributed by atoms with Gasteiger partial charge in [-0.2, -0.15) is 0 Å². The van der Waals surface area contributed by atoms with E-state index in [1.165, 1.54) is 6.92 Å². The summed E-state index contributed by atoms with van der Waals surface area (Å²) >= 11 is 4.94. The summed E-state index contributed by atoms with van der Waals surface area (Å²) in [6.07, 6.45) is 3.79. The minimum absolute atomic E-state index is 0.00830. The van der Waals surface area contributed by atoms with Gasteiger partial charge in [0.2, 0.25) is 0 Å². The maximum Gasteiger partial charge on any atom is 0.170 e. The first-order valence-electron chi connectivity index (χ1n) is 4.02. The summed E-state index contributed by atoms with van der Waals surface area (Å²) in [5, 5.41) is 0.326. The molecule has 0 N–H and O–H groups in total. The lowest BCUT2D eigenvalue weighted by Crippen LogP contribution is -2.22. The van der Waals surface area contributed by atoms with E-state index < -0.39 is 0 Å². The van der Waals surface area contributed by atoms with Crippen LogP contribution in [0.2, 0.25) is 0 Å². The monoisotopic (exact) mass is 198 g/mol. The van der Waals surface area contributed by atoms with Gasteiger partial charge in [-0.15, -0.1) is 6.58 Å². The zero-order valence-electron chi connectivity index (χ0n) is 7.79. The molecule has 0 saturated heterocycles. The van der Waals surface area contributed by atoms with Gasteiger partial charge in [0.1, 0.15) is 12.4 Å². The molecule has 0 radical (unpaired) electrons. The lowest BCUT2D eigenvalue weighted by atomic mass is 10.0. The Morgan fingerprint density at radius 2 is 2.15 bits per heavy atom. The largest absolute Gasteiger partial charge is 0.482 e. The maximum atomic E-state index is 11.1. The molecule has 0 heterocycles. The molecule has 0 amide bonds. The standard InChI is InChI=1S/C10H14O2S/c1-4-6-9(8(3)11)10(13)12-7-5-2/h4-5,9H,1-2,6-7H2,3H3. The fourth-order valence-corrected chi connectivity index (χ4v) is 1.17. The highest BCUT2D eigenvalue weighted by atomic mass is 32.1. The van der Waals surface area contributed by atoms with Crippen molar-refractivity contribution in [3.63, 3.8) is 0 Å². The summed E-state index contributed by atoms with van der Waals surface area (Å²) in [6.45, 7) is 8.90. The SMILES string of the molecule is C=CCOC(=S)C(CC=C)C(C)=O. The Morgan fingerprint density at radius 1 is 1.54 bits per heavy atom. The number of rotatable bonds is 6.